The summed E-state index contributed by atoms with van der Waals surface area (Å²) in [6.07, 6.45) is 4.41. The molecule has 2 nitrogen and oxygen atoms in total. The molecule has 3 heteroatoms. The van der Waals surface area contributed by atoms with E-state index in [-0.39, 0.29) is 17.8 Å². The summed E-state index contributed by atoms with van der Waals surface area (Å²) in [5.41, 5.74) is 1.55. The molecule has 0 aliphatic carbocycles. The highest BCUT2D eigenvalue weighted by Gasteiger charge is 2.30. The predicted octanol–water partition coefficient (Wildman–Crippen LogP) is 2.40. The summed E-state index contributed by atoms with van der Waals surface area (Å²) in [4.78, 5) is 0. The van der Waals surface area contributed by atoms with Gasteiger partial charge in [-0.3, -0.25) is 0 Å². The number of benzene rings is 1. The van der Waals surface area contributed by atoms with E-state index in [9.17, 15) is 5.11 Å². The largest absolute Gasteiger partial charge is 0.396 e. The van der Waals surface area contributed by atoms with Crippen LogP contribution in [0.1, 0.15) is 24.8 Å². The molecule has 1 aliphatic rings. The van der Waals surface area contributed by atoms with Gasteiger partial charge in [0.05, 0.1) is 0 Å². The van der Waals surface area contributed by atoms with Crippen molar-refractivity contribution in [2.45, 2.75) is 25.7 Å². The Morgan fingerprint density at radius 3 is 2.35 bits per heavy atom. The van der Waals surface area contributed by atoms with Crippen LogP contribution in [0.25, 0.3) is 0 Å². The van der Waals surface area contributed by atoms with Crippen molar-refractivity contribution in [2.75, 3.05) is 19.7 Å². The number of hydrogen-bond donors (Lipinski definition) is 2. The molecule has 1 saturated heterocycles. The molecule has 2 N–H and O–H groups in total. The molecule has 0 unspecified atom stereocenters. The number of hydrogen-bond acceptors (Lipinski definition) is 2. The van der Waals surface area contributed by atoms with Crippen molar-refractivity contribution >= 4 is 12.4 Å². The maximum absolute atomic E-state index is 9.59. The molecule has 96 valence electrons. The third-order valence-corrected chi connectivity index (χ3v) is 3.79. The van der Waals surface area contributed by atoms with Gasteiger partial charge in [0.25, 0.3) is 0 Å². The average Bonchev–Trinajstić information content (AvgIpc) is 2.39. The van der Waals surface area contributed by atoms with E-state index in [1.54, 1.807) is 0 Å². The molecule has 1 aromatic carbocycles. The number of halogens is 1. The molecule has 0 aromatic heterocycles. The Hall–Kier alpha value is -0.570. The van der Waals surface area contributed by atoms with Crippen molar-refractivity contribution in [3.63, 3.8) is 0 Å². The fourth-order valence-corrected chi connectivity index (χ4v) is 2.50. The minimum atomic E-state index is 0. The number of aryl methyl sites for hydroxylation is 1. The Labute approximate surface area is 110 Å². The molecule has 2 rings (SSSR count). The first-order chi connectivity index (χ1) is 7.85. The summed E-state index contributed by atoms with van der Waals surface area (Å²) in [6.45, 7) is 2.44. The first-order valence-corrected chi connectivity index (χ1v) is 6.20. The van der Waals surface area contributed by atoms with Gasteiger partial charge in [-0.05, 0) is 49.8 Å². The van der Waals surface area contributed by atoms with E-state index in [4.69, 9.17) is 0 Å². The lowest BCUT2D eigenvalue weighted by Gasteiger charge is -2.36. The minimum absolute atomic E-state index is 0. The van der Waals surface area contributed by atoms with Crippen LogP contribution >= 0.6 is 12.4 Å². The Morgan fingerprint density at radius 2 is 1.76 bits per heavy atom. The van der Waals surface area contributed by atoms with Gasteiger partial charge in [-0.25, -0.2) is 0 Å². The molecular formula is C14H22ClNO. The zero-order valence-corrected chi connectivity index (χ0v) is 11.0. The molecule has 1 aliphatic heterocycles. The average molecular weight is 256 g/mol. The van der Waals surface area contributed by atoms with Crippen LogP contribution in [-0.2, 0) is 6.42 Å². The Kier molecular flexibility index (Phi) is 5.96. The molecule has 0 amide bonds. The molecule has 0 atom stereocenters. The van der Waals surface area contributed by atoms with E-state index in [2.05, 4.69) is 35.6 Å². The quantitative estimate of drug-likeness (QED) is 0.866. The lowest BCUT2D eigenvalue weighted by atomic mass is 9.75. The fourth-order valence-electron chi connectivity index (χ4n) is 2.50. The normalized spacial score (nSPS) is 18.4. The Balaban J connectivity index is 0.00000144. The zero-order chi connectivity index (χ0) is 11.3. The highest BCUT2D eigenvalue weighted by atomic mass is 35.5. The van der Waals surface area contributed by atoms with Crippen LogP contribution in [0.3, 0.4) is 0 Å². The summed E-state index contributed by atoms with van der Waals surface area (Å²) < 4.78 is 0. The van der Waals surface area contributed by atoms with E-state index in [1.807, 2.05) is 0 Å². The first kappa shape index (κ1) is 14.5. The second-order valence-electron chi connectivity index (χ2n) is 4.89. The molecule has 0 radical (unpaired) electrons. The number of piperidine rings is 1. The van der Waals surface area contributed by atoms with Gasteiger partial charge in [0.15, 0.2) is 0 Å². The molecule has 1 fully saturated rings. The molecule has 1 heterocycles. The molecule has 17 heavy (non-hydrogen) atoms. The van der Waals surface area contributed by atoms with Crippen molar-refractivity contribution in [1.82, 2.24) is 5.32 Å². The van der Waals surface area contributed by atoms with Gasteiger partial charge in [-0.15, -0.1) is 12.4 Å². The monoisotopic (exact) mass is 255 g/mol. The van der Waals surface area contributed by atoms with Crippen molar-refractivity contribution in [1.29, 1.82) is 0 Å². The maximum atomic E-state index is 9.59. The molecule has 0 bridgehead atoms. The zero-order valence-electron chi connectivity index (χ0n) is 10.2. The van der Waals surface area contributed by atoms with Crippen LogP contribution in [0.4, 0.5) is 0 Å². The summed E-state index contributed by atoms with van der Waals surface area (Å²) in [5.74, 6) is 0. The highest BCUT2D eigenvalue weighted by Crippen LogP contribution is 2.33. The van der Waals surface area contributed by atoms with Gasteiger partial charge in [-0.2, -0.15) is 0 Å². The van der Waals surface area contributed by atoms with Crippen LogP contribution in [0.2, 0.25) is 0 Å². The van der Waals surface area contributed by atoms with Crippen molar-refractivity contribution in [3.8, 4) is 0 Å². The smallest absolute Gasteiger partial charge is 0.0488 e. The maximum Gasteiger partial charge on any atom is 0.0488 e. The van der Waals surface area contributed by atoms with Gasteiger partial charge in [-0.1, -0.05) is 30.3 Å². The van der Waals surface area contributed by atoms with Gasteiger partial charge >= 0.3 is 0 Å². The molecule has 0 saturated carbocycles. The topological polar surface area (TPSA) is 32.3 Å². The van der Waals surface area contributed by atoms with E-state index in [0.717, 1.165) is 38.8 Å². The molecule has 0 spiro atoms. The van der Waals surface area contributed by atoms with E-state index in [0.29, 0.717) is 6.61 Å². The second-order valence-corrected chi connectivity index (χ2v) is 4.89. The number of aliphatic hydroxyl groups excluding tert-OH is 1. The lowest BCUT2D eigenvalue weighted by Crippen LogP contribution is -2.39. The standard InChI is InChI=1S/C14H21NO.ClH/c16-12-14(8-10-15-11-9-14)7-6-13-4-2-1-3-5-13;/h1-5,15-16H,6-12H2;1H. The van der Waals surface area contributed by atoms with Crippen molar-refractivity contribution in [3.05, 3.63) is 35.9 Å². The summed E-state index contributed by atoms with van der Waals surface area (Å²) in [5, 5.41) is 13.0. The molecular weight excluding hydrogens is 234 g/mol. The second kappa shape index (κ2) is 7.00. The Morgan fingerprint density at radius 1 is 1.12 bits per heavy atom. The van der Waals surface area contributed by atoms with E-state index >= 15 is 0 Å². The van der Waals surface area contributed by atoms with Gasteiger partial charge in [0.1, 0.15) is 0 Å². The summed E-state index contributed by atoms with van der Waals surface area (Å²) in [6, 6.07) is 10.6. The number of nitrogens with one attached hydrogen (secondary N) is 1. The van der Waals surface area contributed by atoms with Crippen LogP contribution in [0.15, 0.2) is 30.3 Å². The van der Waals surface area contributed by atoms with Crippen molar-refractivity contribution < 1.29 is 5.11 Å². The predicted molar refractivity (Wildman–Crippen MR) is 73.6 cm³/mol. The first-order valence-electron chi connectivity index (χ1n) is 6.20. The fraction of sp³-hybridized carbons (Fsp3) is 0.571. The minimum Gasteiger partial charge on any atom is -0.396 e. The van der Waals surface area contributed by atoms with Crippen LogP contribution in [-0.4, -0.2) is 24.8 Å². The van der Waals surface area contributed by atoms with Crippen LogP contribution in [0, 0.1) is 5.41 Å². The van der Waals surface area contributed by atoms with Crippen molar-refractivity contribution in [2.24, 2.45) is 5.41 Å². The van der Waals surface area contributed by atoms with E-state index < -0.39 is 0 Å². The number of rotatable bonds is 4. The highest BCUT2D eigenvalue weighted by molar-refractivity contribution is 5.85. The third kappa shape index (κ3) is 3.98. The lowest BCUT2D eigenvalue weighted by molar-refractivity contribution is 0.0806. The van der Waals surface area contributed by atoms with Gasteiger partial charge in [0.2, 0.25) is 0 Å². The van der Waals surface area contributed by atoms with E-state index in [1.165, 1.54) is 5.56 Å². The summed E-state index contributed by atoms with van der Waals surface area (Å²) in [7, 11) is 0. The van der Waals surface area contributed by atoms with Crippen LogP contribution < -0.4 is 5.32 Å². The van der Waals surface area contributed by atoms with Crippen LogP contribution in [0.5, 0.6) is 0 Å². The molecule has 1 aromatic rings. The SMILES string of the molecule is Cl.OCC1(CCc2ccccc2)CCNCC1. The van der Waals surface area contributed by atoms with Gasteiger partial charge < -0.3 is 10.4 Å². The number of aliphatic hydroxyl groups is 1. The summed E-state index contributed by atoms with van der Waals surface area (Å²) >= 11 is 0. The third-order valence-electron chi connectivity index (χ3n) is 3.79. The van der Waals surface area contributed by atoms with Gasteiger partial charge in [0, 0.05) is 6.61 Å². The Bertz CT molecular complexity index is 309.